The zero-order chi connectivity index (χ0) is 13.8. The fourth-order valence-corrected chi connectivity index (χ4v) is 2.81. The van der Waals surface area contributed by atoms with Gasteiger partial charge in [-0.25, -0.2) is 0 Å². The van der Waals surface area contributed by atoms with Crippen molar-refractivity contribution in [1.29, 1.82) is 0 Å². The average Bonchev–Trinajstić information content (AvgIpc) is 2.42. The molecule has 0 aromatic heterocycles. The first kappa shape index (κ1) is 14.6. The molecular weight excluding hydrogens is 283 g/mol. The Bertz CT molecular complexity index is 463. The van der Waals surface area contributed by atoms with Crippen molar-refractivity contribution in [2.75, 3.05) is 26.7 Å². The lowest BCUT2D eigenvalue weighted by Gasteiger charge is -2.32. The predicted molar refractivity (Wildman–Crippen MR) is 79.0 cm³/mol. The molecule has 19 heavy (non-hydrogen) atoms. The van der Waals surface area contributed by atoms with Gasteiger partial charge >= 0.3 is 0 Å². The predicted octanol–water partition coefficient (Wildman–Crippen LogP) is 3.07. The number of benzene rings is 1. The maximum Gasteiger partial charge on any atom is 0.253 e. The lowest BCUT2D eigenvalue weighted by Crippen LogP contribution is -2.42. The van der Waals surface area contributed by atoms with Gasteiger partial charge in [-0.05, 0) is 50.6 Å². The molecule has 1 unspecified atom stereocenters. The number of piperidine rings is 1. The van der Waals surface area contributed by atoms with Gasteiger partial charge in [-0.3, -0.25) is 4.79 Å². The molecule has 1 saturated heterocycles. The molecule has 1 aliphatic heterocycles. The summed E-state index contributed by atoms with van der Waals surface area (Å²) in [6.45, 7) is 2.57. The Balaban J connectivity index is 2.08. The van der Waals surface area contributed by atoms with Crippen LogP contribution in [0.2, 0.25) is 10.0 Å². The Morgan fingerprint density at radius 1 is 1.42 bits per heavy atom. The van der Waals surface area contributed by atoms with E-state index in [9.17, 15) is 4.79 Å². The Kier molecular flexibility index (Phi) is 5.08. The first-order valence-electron chi connectivity index (χ1n) is 6.50. The highest BCUT2D eigenvalue weighted by atomic mass is 35.5. The lowest BCUT2D eigenvalue weighted by molar-refractivity contribution is 0.0674. The van der Waals surface area contributed by atoms with Crippen LogP contribution in [0.3, 0.4) is 0 Å². The quantitative estimate of drug-likeness (QED) is 0.930. The van der Waals surface area contributed by atoms with Gasteiger partial charge in [-0.15, -0.1) is 0 Å². The van der Waals surface area contributed by atoms with Crippen molar-refractivity contribution in [3.63, 3.8) is 0 Å². The van der Waals surface area contributed by atoms with Crippen LogP contribution in [0.15, 0.2) is 18.2 Å². The fraction of sp³-hybridized carbons (Fsp3) is 0.500. The standard InChI is InChI=1S/C14H18Cl2N2O/c1-17-8-10-3-2-6-18(9-10)14(19)11-4-5-12(15)13(16)7-11/h4-5,7,10,17H,2-3,6,8-9H2,1H3. The third-order valence-corrected chi connectivity index (χ3v) is 4.20. The molecule has 3 nitrogen and oxygen atoms in total. The molecule has 0 aliphatic carbocycles. The van der Waals surface area contributed by atoms with Gasteiger partial charge in [0.2, 0.25) is 0 Å². The van der Waals surface area contributed by atoms with Gasteiger partial charge in [0.1, 0.15) is 0 Å². The third kappa shape index (κ3) is 3.62. The number of hydrogen-bond donors (Lipinski definition) is 1. The summed E-state index contributed by atoms with van der Waals surface area (Å²) in [5.41, 5.74) is 0.611. The maximum absolute atomic E-state index is 12.4. The first-order chi connectivity index (χ1) is 9.11. The highest BCUT2D eigenvalue weighted by Crippen LogP contribution is 2.24. The van der Waals surface area contributed by atoms with E-state index < -0.39 is 0 Å². The number of carbonyl (C=O) groups is 1. The van der Waals surface area contributed by atoms with Gasteiger partial charge in [0.15, 0.2) is 0 Å². The van der Waals surface area contributed by atoms with E-state index in [4.69, 9.17) is 23.2 Å². The first-order valence-corrected chi connectivity index (χ1v) is 7.26. The van der Waals surface area contributed by atoms with Crippen LogP contribution < -0.4 is 5.32 Å². The van der Waals surface area contributed by atoms with Crippen molar-refractivity contribution in [2.24, 2.45) is 5.92 Å². The van der Waals surface area contributed by atoms with E-state index in [0.717, 1.165) is 26.1 Å². The molecule has 1 aliphatic rings. The maximum atomic E-state index is 12.4. The minimum Gasteiger partial charge on any atom is -0.338 e. The van der Waals surface area contributed by atoms with Gasteiger partial charge < -0.3 is 10.2 Å². The molecule has 1 heterocycles. The van der Waals surface area contributed by atoms with E-state index in [0.29, 0.717) is 21.5 Å². The lowest BCUT2D eigenvalue weighted by atomic mass is 9.97. The van der Waals surface area contributed by atoms with Crippen molar-refractivity contribution in [2.45, 2.75) is 12.8 Å². The van der Waals surface area contributed by atoms with Crippen molar-refractivity contribution < 1.29 is 4.79 Å². The third-order valence-electron chi connectivity index (χ3n) is 3.47. The van der Waals surface area contributed by atoms with Crippen molar-refractivity contribution >= 4 is 29.1 Å². The molecule has 1 amide bonds. The van der Waals surface area contributed by atoms with Crippen molar-refractivity contribution in [3.8, 4) is 0 Å². The van der Waals surface area contributed by atoms with Gasteiger partial charge in [-0.2, -0.15) is 0 Å². The molecule has 1 aromatic carbocycles. The van der Waals surface area contributed by atoms with Crippen LogP contribution in [0.5, 0.6) is 0 Å². The summed E-state index contributed by atoms with van der Waals surface area (Å²) in [4.78, 5) is 14.3. The van der Waals surface area contributed by atoms with Crippen LogP contribution in [0.1, 0.15) is 23.2 Å². The number of amides is 1. The Morgan fingerprint density at radius 2 is 2.21 bits per heavy atom. The zero-order valence-corrected chi connectivity index (χ0v) is 12.5. The van der Waals surface area contributed by atoms with Crippen LogP contribution in [-0.2, 0) is 0 Å². The number of halogens is 2. The van der Waals surface area contributed by atoms with E-state index >= 15 is 0 Å². The number of rotatable bonds is 3. The fourth-order valence-electron chi connectivity index (χ4n) is 2.52. The number of nitrogens with zero attached hydrogens (tertiary/aromatic N) is 1. The number of hydrogen-bond acceptors (Lipinski definition) is 2. The van der Waals surface area contributed by atoms with Crippen LogP contribution in [0.4, 0.5) is 0 Å². The van der Waals surface area contributed by atoms with Crippen LogP contribution in [0.25, 0.3) is 0 Å². The van der Waals surface area contributed by atoms with Crippen molar-refractivity contribution in [3.05, 3.63) is 33.8 Å². The number of likely N-dealkylation sites (tertiary alicyclic amines) is 1. The molecule has 1 N–H and O–H groups in total. The second kappa shape index (κ2) is 6.60. The topological polar surface area (TPSA) is 32.3 Å². The number of carbonyl (C=O) groups excluding carboxylic acids is 1. The van der Waals surface area contributed by atoms with E-state index in [1.807, 2.05) is 11.9 Å². The summed E-state index contributed by atoms with van der Waals surface area (Å²) in [6, 6.07) is 5.05. The highest BCUT2D eigenvalue weighted by Gasteiger charge is 2.24. The second-order valence-electron chi connectivity index (χ2n) is 4.95. The summed E-state index contributed by atoms with van der Waals surface area (Å²) < 4.78 is 0. The largest absolute Gasteiger partial charge is 0.338 e. The molecule has 1 fully saturated rings. The van der Waals surface area contributed by atoms with Crippen LogP contribution in [0, 0.1) is 5.92 Å². The van der Waals surface area contributed by atoms with Crippen molar-refractivity contribution in [1.82, 2.24) is 10.2 Å². The van der Waals surface area contributed by atoms with Crippen LogP contribution >= 0.6 is 23.2 Å². The molecule has 0 radical (unpaired) electrons. The minimum atomic E-state index is 0.0411. The van der Waals surface area contributed by atoms with E-state index in [-0.39, 0.29) is 5.91 Å². The van der Waals surface area contributed by atoms with E-state index in [1.165, 1.54) is 6.42 Å². The molecule has 0 saturated carbocycles. The summed E-state index contributed by atoms with van der Waals surface area (Å²) in [5, 5.41) is 4.08. The SMILES string of the molecule is CNCC1CCCN(C(=O)c2ccc(Cl)c(Cl)c2)C1. The Labute approximate surface area is 123 Å². The molecule has 2 rings (SSSR count). The summed E-state index contributed by atoms with van der Waals surface area (Å²) in [7, 11) is 1.94. The average molecular weight is 301 g/mol. The zero-order valence-electron chi connectivity index (χ0n) is 11.0. The van der Waals surface area contributed by atoms with E-state index in [2.05, 4.69) is 5.32 Å². The Morgan fingerprint density at radius 3 is 2.89 bits per heavy atom. The molecule has 104 valence electrons. The second-order valence-corrected chi connectivity index (χ2v) is 5.76. The Hall–Kier alpha value is -0.770. The van der Waals surface area contributed by atoms with Gasteiger partial charge in [0.05, 0.1) is 10.0 Å². The molecular formula is C14H18Cl2N2O. The summed E-state index contributed by atoms with van der Waals surface area (Å²) >= 11 is 11.8. The van der Waals surface area contributed by atoms with E-state index in [1.54, 1.807) is 18.2 Å². The van der Waals surface area contributed by atoms with Gasteiger partial charge in [-0.1, -0.05) is 23.2 Å². The molecule has 0 spiro atoms. The summed E-state index contributed by atoms with van der Waals surface area (Å²) in [5.74, 6) is 0.574. The summed E-state index contributed by atoms with van der Waals surface area (Å²) in [6.07, 6.45) is 2.23. The molecule has 0 bridgehead atoms. The van der Waals surface area contributed by atoms with Gasteiger partial charge in [0, 0.05) is 18.7 Å². The molecule has 1 atom stereocenters. The molecule has 5 heteroatoms. The minimum absolute atomic E-state index is 0.0411. The van der Waals surface area contributed by atoms with Crippen LogP contribution in [-0.4, -0.2) is 37.5 Å². The number of nitrogens with one attached hydrogen (secondary N) is 1. The monoisotopic (exact) mass is 300 g/mol. The normalized spacial score (nSPS) is 19.5. The highest BCUT2D eigenvalue weighted by molar-refractivity contribution is 6.42. The molecule has 1 aromatic rings. The smallest absolute Gasteiger partial charge is 0.253 e. The van der Waals surface area contributed by atoms with Gasteiger partial charge in [0.25, 0.3) is 5.91 Å².